The van der Waals surface area contributed by atoms with E-state index in [2.05, 4.69) is 10.3 Å². The van der Waals surface area contributed by atoms with Gasteiger partial charge in [0.1, 0.15) is 6.61 Å². The van der Waals surface area contributed by atoms with Crippen molar-refractivity contribution in [2.45, 2.75) is 33.3 Å². The smallest absolute Gasteiger partial charge is 0.228 e. The summed E-state index contributed by atoms with van der Waals surface area (Å²) in [4.78, 5) is 16.4. The maximum Gasteiger partial charge on any atom is 0.228 e. The van der Waals surface area contributed by atoms with E-state index in [1.54, 1.807) is 12.3 Å². The van der Waals surface area contributed by atoms with E-state index in [-0.39, 0.29) is 11.8 Å². The molecule has 0 fully saturated rings. The van der Waals surface area contributed by atoms with Crippen molar-refractivity contribution >= 4 is 11.7 Å². The molecule has 1 N–H and O–H groups in total. The van der Waals surface area contributed by atoms with E-state index in [1.165, 1.54) is 0 Å². The fraction of sp³-hybridized carbons (Fsp3) is 0.333. The van der Waals surface area contributed by atoms with E-state index in [4.69, 9.17) is 4.74 Å². The standard InChI is InChI=1S/C18H22N2O2/c1-3-15(4-2)18(21)20-17-16(11-8-12-19-17)22-13-14-9-6-5-7-10-14/h5-12,15H,3-4,13H2,1-2H3,(H,19,20,21). The summed E-state index contributed by atoms with van der Waals surface area (Å²) in [7, 11) is 0. The monoisotopic (exact) mass is 298 g/mol. The van der Waals surface area contributed by atoms with Gasteiger partial charge in [0.25, 0.3) is 0 Å². The molecule has 0 radical (unpaired) electrons. The predicted molar refractivity (Wildman–Crippen MR) is 87.7 cm³/mol. The van der Waals surface area contributed by atoms with Gasteiger partial charge >= 0.3 is 0 Å². The van der Waals surface area contributed by atoms with Crippen LogP contribution in [0.15, 0.2) is 48.7 Å². The molecule has 1 aromatic carbocycles. The molecule has 1 aromatic heterocycles. The van der Waals surface area contributed by atoms with Gasteiger partial charge in [0.05, 0.1) is 0 Å². The van der Waals surface area contributed by atoms with Gasteiger partial charge in [0.15, 0.2) is 11.6 Å². The molecule has 0 saturated carbocycles. The molecule has 2 aromatic rings. The Morgan fingerprint density at radius 2 is 1.86 bits per heavy atom. The third-order valence-electron chi connectivity index (χ3n) is 3.61. The molecule has 1 heterocycles. The molecule has 1 amide bonds. The van der Waals surface area contributed by atoms with Gasteiger partial charge in [-0.25, -0.2) is 4.98 Å². The van der Waals surface area contributed by atoms with Crippen LogP contribution in [0.3, 0.4) is 0 Å². The van der Waals surface area contributed by atoms with Crippen molar-refractivity contribution < 1.29 is 9.53 Å². The van der Waals surface area contributed by atoms with Crippen LogP contribution in [-0.4, -0.2) is 10.9 Å². The van der Waals surface area contributed by atoms with Crippen LogP contribution in [0.25, 0.3) is 0 Å². The molecule has 116 valence electrons. The van der Waals surface area contributed by atoms with Crippen molar-refractivity contribution in [1.29, 1.82) is 0 Å². The second kappa shape index (κ2) is 8.17. The van der Waals surface area contributed by atoms with E-state index in [9.17, 15) is 4.79 Å². The average Bonchev–Trinajstić information content (AvgIpc) is 2.56. The number of nitrogens with one attached hydrogen (secondary N) is 1. The highest BCUT2D eigenvalue weighted by Gasteiger charge is 2.16. The van der Waals surface area contributed by atoms with Crippen LogP contribution in [0.5, 0.6) is 5.75 Å². The molecule has 0 atom stereocenters. The first kappa shape index (κ1) is 16.0. The molecule has 0 unspecified atom stereocenters. The molecule has 0 aliphatic rings. The second-order valence-corrected chi connectivity index (χ2v) is 5.13. The van der Waals surface area contributed by atoms with Gasteiger partial charge in [-0.15, -0.1) is 0 Å². The summed E-state index contributed by atoms with van der Waals surface area (Å²) in [5.74, 6) is 1.07. The number of amides is 1. The number of carbonyl (C=O) groups is 1. The van der Waals surface area contributed by atoms with Crippen LogP contribution < -0.4 is 10.1 Å². The van der Waals surface area contributed by atoms with Gasteiger partial charge in [-0.2, -0.15) is 0 Å². The van der Waals surface area contributed by atoms with Gasteiger partial charge < -0.3 is 10.1 Å². The lowest BCUT2D eigenvalue weighted by Gasteiger charge is -2.15. The number of aromatic nitrogens is 1. The van der Waals surface area contributed by atoms with Gasteiger partial charge in [0.2, 0.25) is 5.91 Å². The minimum atomic E-state index is -0.00624. The maximum atomic E-state index is 12.2. The highest BCUT2D eigenvalue weighted by Crippen LogP contribution is 2.23. The molecule has 2 rings (SSSR count). The number of hydrogen-bond donors (Lipinski definition) is 1. The predicted octanol–water partition coefficient (Wildman–Crippen LogP) is 4.04. The molecule has 4 nitrogen and oxygen atoms in total. The summed E-state index contributed by atoms with van der Waals surface area (Å²) < 4.78 is 5.79. The number of nitrogens with zero attached hydrogens (tertiary/aromatic N) is 1. The van der Waals surface area contributed by atoms with Gasteiger partial charge in [-0.3, -0.25) is 4.79 Å². The fourth-order valence-electron chi connectivity index (χ4n) is 2.21. The van der Waals surface area contributed by atoms with E-state index in [1.807, 2.05) is 50.2 Å². The van der Waals surface area contributed by atoms with Crippen molar-refractivity contribution in [1.82, 2.24) is 4.98 Å². The van der Waals surface area contributed by atoms with Crippen LogP contribution in [-0.2, 0) is 11.4 Å². The summed E-state index contributed by atoms with van der Waals surface area (Å²) in [5, 5.41) is 2.87. The number of benzene rings is 1. The minimum Gasteiger partial charge on any atom is -0.485 e. The summed E-state index contributed by atoms with van der Waals surface area (Å²) in [6, 6.07) is 13.5. The Morgan fingerprint density at radius 3 is 2.55 bits per heavy atom. The van der Waals surface area contributed by atoms with Gasteiger partial charge in [0, 0.05) is 12.1 Å². The van der Waals surface area contributed by atoms with Crippen molar-refractivity contribution in [3.63, 3.8) is 0 Å². The Morgan fingerprint density at radius 1 is 1.14 bits per heavy atom. The van der Waals surface area contributed by atoms with Crippen molar-refractivity contribution in [3.05, 3.63) is 54.2 Å². The molecule has 4 heteroatoms. The van der Waals surface area contributed by atoms with Crippen molar-refractivity contribution in [2.24, 2.45) is 5.92 Å². The topological polar surface area (TPSA) is 51.2 Å². The quantitative estimate of drug-likeness (QED) is 0.839. The van der Waals surface area contributed by atoms with E-state index in [0.717, 1.165) is 18.4 Å². The van der Waals surface area contributed by atoms with Crippen LogP contribution in [0.1, 0.15) is 32.3 Å². The number of ether oxygens (including phenoxy) is 1. The lowest BCUT2D eigenvalue weighted by atomic mass is 10.0. The van der Waals surface area contributed by atoms with Crippen LogP contribution in [0.2, 0.25) is 0 Å². The highest BCUT2D eigenvalue weighted by atomic mass is 16.5. The fourth-order valence-corrected chi connectivity index (χ4v) is 2.21. The van der Waals surface area contributed by atoms with Crippen LogP contribution >= 0.6 is 0 Å². The zero-order valence-electron chi connectivity index (χ0n) is 13.1. The highest BCUT2D eigenvalue weighted by molar-refractivity contribution is 5.92. The lowest BCUT2D eigenvalue weighted by molar-refractivity contribution is -0.120. The largest absolute Gasteiger partial charge is 0.485 e. The summed E-state index contributed by atoms with van der Waals surface area (Å²) >= 11 is 0. The first-order chi connectivity index (χ1) is 10.7. The number of anilines is 1. The maximum absolute atomic E-state index is 12.2. The number of carbonyl (C=O) groups excluding carboxylic acids is 1. The Bertz CT molecular complexity index is 595. The van der Waals surface area contributed by atoms with Crippen molar-refractivity contribution in [3.8, 4) is 5.75 Å². The first-order valence-electron chi connectivity index (χ1n) is 7.67. The van der Waals surface area contributed by atoms with E-state index >= 15 is 0 Å². The molecule has 0 bridgehead atoms. The molecule has 22 heavy (non-hydrogen) atoms. The third-order valence-corrected chi connectivity index (χ3v) is 3.61. The molecular formula is C18H22N2O2. The summed E-state index contributed by atoms with van der Waals surface area (Å²) in [5.41, 5.74) is 1.07. The zero-order valence-corrected chi connectivity index (χ0v) is 13.1. The zero-order chi connectivity index (χ0) is 15.8. The molecule has 0 aliphatic carbocycles. The van der Waals surface area contributed by atoms with Gasteiger partial charge in [-0.1, -0.05) is 44.2 Å². The average molecular weight is 298 g/mol. The SMILES string of the molecule is CCC(CC)C(=O)Nc1ncccc1OCc1ccccc1. The third kappa shape index (κ3) is 4.32. The Labute approximate surface area is 131 Å². The number of hydrogen-bond acceptors (Lipinski definition) is 3. The van der Waals surface area contributed by atoms with Gasteiger partial charge in [-0.05, 0) is 30.5 Å². The van der Waals surface area contributed by atoms with E-state index in [0.29, 0.717) is 18.2 Å². The van der Waals surface area contributed by atoms with E-state index < -0.39 is 0 Å². The molecular weight excluding hydrogens is 276 g/mol. The van der Waals surface area contributed by atoms with Crippen LogP contribution in [0.4, 0.5) is 5.82 Å². The number of rotatable bonds is 7. The number of pyridine rings is 1. The second-order valence-electron chi connectivity index (χ2n) is 5.13. The van der Waals surface area contributed by atoms with Crippen LogP contribution in [0, 0.1) is 5.92 Å². The molecule has 0 saturated heterocycles. The Hall–Kier alpha value is -2.36. The van der Waals surface area contributed by atoms with Crippen molar-refractivity contribution in [2.75, 3.05) is 5.32 Å². The first-order valence-corrected chi connectivity index (χ1v) is 7.67. The Balaban J connectivity index is 2.05. The molecule has 0 spiro atoms. The summed E-state index contributed by atoms with van der Waals surface area (Å²) in [6.45, 7) is 4.47. The molecule has 0 aliphatic heterocycles. The summed E-state index contributed by atoms with van der Waals surface area (Å²) in [6.07, 6.45) is 3.28. The normalized spacial score (nSPS) is 10.5. The minimum absolute atomic E-state index is 0.00368. The lowest BCUT2D eigenvalue weighted by Crippen LogP contribution is -2.22. The Kier molecular flexibility index (Phi) is 5.95.